The summed E-state index contributed by atoms with van der Waals surface area (Å²) in [5.41, 5.74) is 2.43. The van der Waals surface area contributed by atoms with Gasteiger partial charge in [0.15, 0.2) is 0 Å². The summed E-state index contributed by atoms with van der Waals surface area (Å²) in [5.74, 6) is 1.27. The van der Waals surface area contributed by atoms with Gasteiger partial charge in [0.25, 0.3) is 0 Å². The summed E-state index contributed by atoms with van der Waals surface area (Å²) in [6.07, 6.45) is 4.98. The number of nitrogens with one attached hydrogen (secondary N) is 1. The van der Waals surface area contributed by atoms with Crippen LogP contribution in [0.15, 0.2) is 79.0 Å². The number of carbonyl (C=O) groups excluding carboxylic acids is 1. The minimum Gasteiger partial charge on any atom is -0.494 e. The van der Waals surface area contributed by atoms with E-state index in [4.69, 9.17) is 9.47 Å². The van der Waals surface area contributed by atoms with Crippen LogP contribution in [0, 0.1) is 0 Å². The lowest BCUT2D eigenvalue weighted by Crippen LogP contribution is -2.07. The van der Waals surface area contributed by atoms with Crippen molar-refractivity contribution in [3.8, 4) is 11.5 Å². The second-order valence-electron chi connectivity index (χ2n) is 5.96. The van der Waals surface area contributed by atoms with Crippen molar-refractivity contribution in [3.63, 3.8) is 0 Å². The molecule has 5 nitrogen and oxygen atoms in total. The summed E-state index contributed by atoms with van der Waals surface area (Å²) in [6, 6.07) is 20.5. The molecule has 1 N–H and O–H groups in total. The van der Waals surface area contributed by atoms with Gasteiger partial charge in [0.1, 0.15) is 18.1 Å². The van der Waals surface area contributed by atoms with E-state index >= 15 is 0 Å². The average Bonchev–Trinajstić information content (AvgIpc) is 2.73. The maximum absolute atomic E-state index is 12.2. The maximum atomic E-state index is 12.2. The first kappa shape index (κ1) is 19.2. The van der Waals surface area contributed by atoms with Crippen molar-refractivity contribution in [2.75, 3.05) is 11.9 Å². The summed E-state index contributed by atoms with van der Waals surface area (Å²) in [6.45, 7) is 2.94. The number of benzene rings is 2. The van der Waals surface area contributed by atoms with Gasteiger partial charge in [0.05, 0.1) is 12.3 Å². The molecule has 1 heterocycles. The van der Waals surface area contributed by atoms with Gasteiger partial charge >= 0.3 is 0 Å². The van der Waals surface area contributed by atoms with Crippen LogP contribution in [-0.4, -0.2) is 17.5 Å². The summed E-state index contributed by atoms with van der Waals surface area (Å²) >= 11 is 0. The number of anilines is 1. The number of amides is 1. The number of rotatable bonds is 8. The topological polar surface area (TPSA) is 60.5 Å². The molecule has 0 atom stereocenters. The van der Waals surface area contributed by atoms with Gasteiger partial charge in [-0.3, -0.25) is 9.78 Å². The van der Waals surface area contributed by atoms with Crippen LogP contribution >= 0.6 is 0 Å². The number of nitrogens with zero attached hydrogens (tertiary/aromatic N) is 1. The minimum absolute atomic E-state index is 0.212. The molecule has 0 spiro atoms. The van der Waals surface area contributed by atoms with Crippen LogP contribution in [0.4, 0.5) is 5.69 Å². The highest BCUT2D eigenvalue weighted by Crippen LogP contribution is 2.19. The fourth-order valence-electron chi connectivity index (χ4n) is 2.50. The molecule has 0 saturated carbocycles. The maximum Gasteiger partial charge on any atom is 0.248 e. The smallest absolute Gasteiger partial charge is 0.248 e. The van der Waals surface area contributed by atoms with Crippen molar-refractivity contribution in [3.05, 3.63) is 90.3 Å². The number of ether oxygens (including phenoxy) is 2. The fourth-order valence-corrected chi connectivity index (χ4v) is 2.50. The molecule has 3 rings (SSSR count). The lowest BCUT2D eigenvalue weighted by Gasteiger charge is -2.08. The first-order valence-electron chi connectivity index (χ1n) is 9.07. The van der Waals surface area contributed by atoms with Gasteiger partial charge in [-0.15, -0.1) is 0 Å². The van der Waals surface area contributed by atoms with Crippen LogP contribution in [0.5, 0.6) is 11.5 Å². The molecule has 0 aliphatic rings. The van der Waals surface area contributed by atoms with E-state index in [1.807, 2.05) is 67.6 Å². The Kier molecular flexibility index (Phi) is 6.79. The Labute approximate surface area is 164 Å². The molecule has 0 aliphatic carbocycles. The van der Waals surface area contributed by atoms with Gasteiger partial charge in [0.2, 0.25) is 5.91 Å². The van der Waals surface area contributed by atoms with E-state index < -0.39 is 0 Å². The van der Waals surface area contributed by atoms with Crippen molar-refractivity contribution >= 4 is 17.7 Å². The van der Waals surface area contributed by atoms with E-state index in [-0.39, 0.29) is 5.91 Å². The zero-order valence-electron chi connectivity index (χ0n) is 15.7. The molecule has 142 valence electrons. The van der Waals surface area contributed by atoms with Crippen LogP contribution in [0.25, 0.3) is 6.08 Å². The van der Waals surface area contributed by atoms with E-state index in [2.05, 4.69) is 10.3 Å². The van der Waals surface area contributed by atoms with E-state index in [1.165, 1.54) is 6.08 Å². The number of pyridine rings is 1. The van der Waals surface area contributed by atoms with Crippen molar-refractivity contribution in [1.82, 2.24) is 4.98 Å². The molecule has 0 radical (unpaired) electrons. The largest absolute Gasteiger partial charge is 0.494 e. The van der Waals surface area contributed by atoms with Gasteiger partial charge in [-0.25, -0.2) is 0 Å². The molecule has 1 aromatic heterocycles. The zero-order chi connectivity index (χ0) is 19.6. The minimum atomic E-state index is -0.212. The third-order valence-corrected chi connectivity index (χ3v) is 3.83. The first-order valence-corrected chi connectivity index (χ1v) is 9.07. The van der Waals surface area contributed by atoms with Crippen LogP contribution in [0.2, 0.25) is 0 Å². The Bertz CT molecular complexity index is 922. The monoisotopic (exact) mass is 374 g/mol. The molecule has 0 unspecified atom stereocenters. The number of hydrogen-bond donors (Lipinski definition) is 1. The van der Waals surface area contributed by atoms with Crippen LogP contribution in [0.3, 0.4) is 0 Å². The Morgan fingerprint density at radius 3 is 2.61 bits per heavy atom. The van der Waals surface area contributed by atoms with Gasteiger partial charge in [0, 0.05) is 24.0 Å². The third kappa shape index (κ3) is 5.99. The second kappa shape index (κ2) is 9.92. The number of hydrogen-bond acceptors (Lipinski definition) is 4. The molecule has 0 aliphatic heterocycles. The van der Waals surface area contributed by atoms with Crippen LogP contribution in [-0.2, 0) is 11.4 Å². The highest BCUT2D eigenvalue weighted by Gasteiger charge is 2.02. The lowest BCUT2D eigenvalue weighted by atomic mass is 10.2. The molecule has 5 heteroatoms. The Morgan fingerprint density at radius 2 is 1.86 bits per heavy atom. The Morgan fingerprint density at radius 1 is 1.00 bits per heavy atom. The molecular formula is C23H22N2O3. The predicted octanol–water partition coefficient (Wildman–Crippen LogP) is 4.71. The molecular weight excluding hydrogens is 352 g/mol. The van der Waals surface area contributed by atoms with E-state index in [0.717, 1.165) is 17.0 Å². The average molecular weight is 374 g/mol. The van der Waals surface area contributed by atoms with E-state index in [1.54, 1.807) is 18.3 Å². The van der Waals surface area contributed by atoms with Crippen molar-refractivity contribution in [1.29, 1.82) is 0 Å². The van der Waals surface area contributed by atoms with Gasteiger partial charge in [-0.05, 0) is 55.0 Å². The number of aromatic nitrogens is 1. The van der Waals surface area contributed by atoms with E-state index in [9.17, 15) is 4.79 Å². The first-order chi connectivity index (χ1) is 13.7. The van der Waals surface area contributed by atoms with Crippen molar-refractivity contribution in [2.45, 2.75) is 13.5 Å². The molecule has 3 aromatic rings. The highest BCUT2D eigenvalue weighted by molar-refractivity contribution is 6.02. The third-order valence-electron chi connectivity index (χ3n) is 3.83. The molecule has 0 bridgehead atoms. The molecule has 0 saturated heterocycles. The fraction of sp³-hybridized carbons (Fsp3) is 0.130. The lowest BCUT2D eigenvalue weighted by molar-refractivity contribution is -0.111. The zero-order valence-corrected chi connectivity index (χ0v) is 15.7. The summed E-state index contributed by atoms with van der Waals surface area (Å²) < 4.78 is 11.1. The Hall–Kier alpha value is -3.60. The summed E-state index contributed by atoms with van der Waals surface area (Å²) in [4.78, 5) is 16.4. The Balaban J connectivity index is 1.54. The number of carbonyl (C=O) groups is 1. The van der Waals surface area contributed by atoms with Crippen molar-refractivity contribution in [2.24, 2.45) is 0 Å². The van der Waals surface area contributed by atoms with Crippen molar-refractivity contribution < 1.29 is 14.3 Å². The van der Waals surface area contributed by atoms with Gasteiger partial charge in [-0.1, -0.05) is 24.3 Å². The summed E-state index contributed by atoms with van der Waals surface area (Å²) in [5, 5.41) is 2.84. The predicted molar refractivity (Wildman–Crippen MR) is 110 cm³/mol. The molecule has 1 amide bonds. The van der Waals surface area contributed by atoms with E-state index in [0.29, 0.717) is 24.7 Å². The van der Waals surface area contributed by atoms with Gasteiger partial charge < -0.3 is 14.8 Å². The van der Waals surface area contributed by atoms with Crippen LogP contribution < -0.4 is 14.8 Å². The quantitative estimate of drug-likeness (QED) is 0.580. The molecule has 2 aromatic carbocycles. The van der Waals surface area contributed by atoms with Crippen LogP contribution in [0.1, 0.15) is 18.2 Å². The van der Waals surface area contributed by atoms with Gasteiger partial charge in [-0.2, -0.15) is 0 Å². The second-order valence-corrected chi connectivity index (χ2v) is 5.96. The normalized spacial score (nSPS) is 10.6. The molecule has 0 fully saturated rings. The summed E-state index contributed by atoms with van der Waals surface area (Å²) in [7, 11) is 0. The highest BCUT2D eigenvalue weighted by atomic mass is 16.5. The molecule has 28 heavy (non-hydrogen) atoms. The SMILES string of the molecule is CCOc1ccc(/C=C/C(=O)Nc2cccc(OCc3ccccn3)c2)cc1. The standard InChI is InChI=1S/C23H22N2O3/c1-2-27-21-12-9-18(10-13-21)11-14-23(26)25-19-7-5-8-22(16-19)28-17-20-6-3-4-15-24-20/h3-16H,2,17H2,1H3,(H,25,26)/b14-11+.